The molecule has 0 N–H and O–H groups in total. The summed E-state index contributed by atoms with van der Waals surface area (Å²) in [5.74, 6) is 0.625. The Morgan fingerprint density at radius 1 is 1.05 bits per heavy atom. The number of nitriles is 1. The fourth-order valence-electron chi connectivity index (χ4n) is 2.10. The minimum absolute atomic E-state index is 0.487. The van der Waals surface area contributed by atoms with Crippen LogP contribution >= 0.6 is 0 Å². The zero-order valence-electron chi connectivity index (χ0n) is 10.3. The SMILES string of the molecule is N#CCCc1cccc2nc(-c3ccccc3)oc12. The predicted molar refractivity (Wildman–Crippen MR) is 73.4 cm³/mol. The number of hydrogen-bond donors (Lipinski definition) is 0. The third-order valence-corrected chi connectivity index (χ3v) is 3.02. The molecule has 3 rings (SSSR count). The monoisotopic (exact) mass is 248 g/mol. The van der Waals surface area contributed by atoms with E-state index in [9.17, 15) is 0 Å². The van der Waals surface area contributed by atoms with E-state index in [4.69, 9.17) is 9.68 Å². The minimum Gasteiger partial charge on any atom is -0.436 e. The van der Waals surface area contributed by atoms with Gasteiger partial charge in [-0.3, -0.25) is 0 Å². The summed E-state index contributed by atoms with van der Waals surface area (Å²) < 4.78 is 5.86. The first kappa shape index (κ1) is 11.5. The second-order valence-corrected chi connectivity index (χ2v) is 4.31. The molecule has 0 fully saturated rings. The molecule has 3 aromatic rings. The molecule has 0 aliphatic carbocycles. The molecule has 0 atom stereocenters. The van der Waals surface area contributed by atoms with Crippen LogP contribution in [-0.4, -0.2) is 4.98 Å². The van der Waals surface area contributed by atoms with Crippen LogP contribution in [0.2, 0.25) is 0 Å². The zero-order valence-corrected chi connectivity index (χ0v) is 10.3. The first-order valence-corrected chi connectivity index (χ1v) is 6.19. The Morgan fingerprint density at radius 3 is 2.68 bits per heavy atom. The van der Waals surface area contributed by atoms with Gasteiger partial charge in [0.1, 0.15) is 5.52 Å². The van der Waals surface area contributed by atoms with Crippen molar-refractivity contribution in [3.8, 4) is 17.5 Å². The van der Waals surface area contributed by atoms with Crippen LogP contribution in [0.3, 0.4) is 0 Å². The predicted octanol–water partition coefficient (Wildman–Crippen LogP) is 3.95. The lowest BCUT2D eigenvalue weighted by molar-refractivity contribution is 0.615. The van der Waals surface area contributed by atoms with E-state index in [1.807, 2.05) is 48.5 Å². The summed E-state index contributed by atoms with van der Waals surface area (Å²) in [5, 5.41) is 8.69. The summed E-state index contributed by atoms with van der Waals surface area (Å²) >= 11 is 0. The summed E-state index contributed by atoms with van der Waals surface area (Å²) in [4.78, 5) is 4.50. The molecule has 3 nitrogen and oxygen atoms in total. The fraction of sp³-hybridized carbons (Fsp3) is 0.125. The number of hydrogen-bond acceptors (Lipinski definition) is 3. The number of nitrogens with zero attached hydrogens (tertiary/aromatic N) is 2. The summed E-state index contributed by atoms with van der Waals surface area (Å²) in [6.07, 6.45) is 1.18. The van der Waals surface area contributed by atoms with Crippen molar-refractivity contribution in [2.75, 3.05) is 0 Å². The third kappa shape index (κ3) is 2.21. The van der Waals surface area contributed by atoms with Gasteiger partial charge in [-0.1, -0.05) is 30.3 Å². The van der Waals surface area contributed by atoms with Crippen LogP contribution < -0.4 is 0 Å². The normalized spacial score (nSPS) is 10.5. The highest BCUT2D eigenvalue weighted by Crippen LogP contribution is 2.26. The summed E-state index contributed by atoms with van der Waals surface area (Å²) in [6, 6.07) is 17.9. The number of aromatic nitrogens is 1. The van der Waals surface area contributed by atoms with Gasteiger partial charge in [0.2, 0.25) is 5.89 Å². The van der Waals surface area contributed by atoms with E-state index in [2.05, 4.69) is 11.1 Å². The topological polar surface area (TPSA) is 49.8 Å². The summed E-state index contributed by atoms with van der Waals surface area (Å²) in [7, 11) is 0. The lowest BCUT2D eigenvalue weighted by Gasteiger charge is -1.97. The molecule has 0 bridgehead atoms. The minimum atomic E-state index is 0.487. The van der Waals surface area contributed by atoms with Crippen LogP contribution in [0.4, 0.5) is 0 Å². The molecular formula is C16H12N2O. The van der Waals surface area contributed by atoms with Crippen LogP contribution in [0, 0.1) is 11.3 Å². The van der Waals surface area contributed by atoms with E-state index in [1.54, 1.807) is 0 Å². The second-order valence-electron chi connectivity index (χ2n) is 4.31. The first-order valence-electron chi connectivity index (χ1n) is 6.19. The standard InChI is InChI=1S/C16H12N2O/c17-11-5-9-12-8-4-10-14-15(12)19-16(18-14)13-6-2-1-3-7-13/h1-4,6-8,10H,5,9H2. The molecule has 0 unspecified atom stereocenters. The average molecular weight is 248 g/mol. The van der Waals surface area contributed by atoms with Crippen molar-refractivity contribution in [1.82, 2.24) is 4.98 Å². The molecule has 1 heterocycles. The maximum atomic E-state index is 8.69. The van der Waals surface area contributed by atoms with E-state index >= 15 is 0 Å². The van der Waals surface area contributed by atoms with Crippen LogP contribution in [0.1, 0.15) is 12.0 Å². The van der Waals surface area contributed by atoms with Crippen molar-refractivity contribution in [3.05, 3.63) is 54.1 Å². The van der Waals surface area contributed by atoms with E-state index in [-0.39, 0.29) is 0 Å². The van der Waals surface area contributed by atoms with E-state index in [0.29, 0.717) is 18.7 Å². The highest BCUT2D eigenvalue weighted by molar-refractivity contribution is 5.79. The number of rotatable bonds is 3. The maximum absolute atomic E-state index is 8.69. The van der Waals surface area contributed by atoms with Crippen LogP contribution in [0.5, 0.6) is 0 Å². The Morgan fingerprint density at radius 2 is 1.89 bits per heavy atom. The van der Waals surface area contributed by atoms with Crippen LogP contribution in [-0.2, 0) is 6.42 Å². The lowest BCUT2D eigenvalue weighted by Crippen LogP contribution is -1.83. The number of fused-ring (bicyclic) bond motifs is 1. The molecule has 0 aliphatic rings. The van der Waals surface area contributed by atoms with Gasteiger partial charge in [0.25, 0.3) is 0 Å². The highest BCUT2D eigenvalue weighted by Gasteiger charge is 2.10. The molecule has 1 aromatic heterocycles. The quantitative estimate of drug-likeness (QED) is 0.705. The zero-order chi connectivity index (χ0) is 13.1. The van der Waals surface area contributed by atoms with Gasteiger partial charge in [-0.05, 0) is 30.2 Å². The third-order valence-electron chi connectivity index (χ3n) is 3.02. The van der Waals surface area contributed by atoms with Crippen molar-refractivity contribution >= 4 is 11.1 Å². The number of benzene rings is 2. The molecule has 0 saturated carbocycles. The maximum Gasteiger partial charge on any atom is 0.227 e. The van der Waals surface area contributed by atoms with Crippen molar-refractivity contribution in [3.63, 3.8) is 0 Å². The average Bonchev–Trinajstić information content (AvgIpc) is 2.90. The van der Waals surface area contributed by atoms with Crippen molar-refractivity contribution < 1.29 is 4.42 Å². The van der Waals surface area contributed by atoms with Gasteiger partial charge < -0.3 is 4.42 Å². The Kier molecular flexibility index (Phi) is 2.99. The molecule has 0 amide bonds. The molecule has 0 aliphatic heterocycles. The largest absolute Gasteiger partial charge is 0.436 e. The van der Waals surface area contributed by atoms with Gasteiger partial charge in [-0.15, -0.1) is 0 Å². The van der Waals surface area contributed by atoms with Crippen LogP contribution in [0.25, 0.3) is 22.6 Å². The highest BCUT2D eigenvalue weighted by atomic mass is 16.3. The Hall–Kier alpha value is -2.60. The number of para-hydroxylation sites is 1. The molecule has 2 aromatic carbocycles. The molecule has 0 spiro atoms. The number of oxazole rings is 1. The smallest absolute Gasteiger partial charge is 0.227 e. The van der Waals surface area contributed by atoms with Gasteiger partial charge >= 0.3 is 0 Å². The first-order chi connectivity index (χ1) is 9.38. The van der Waals surface area contributed by atoms with Gasteiger partial charge in [0.15, 0.2) is 5.58 Å². The molecule has 0 radical (unpaired) electrons. The number of aryl methyl sites for hydroxylation is 1. The van der Waals surface area contributed by atoms with Gasteiger partial charge in [-0.25, -0.2) is 4.98 Å². The van der Waals surface area contributed by atoms with E-state index in [0.717, 1.165) is 22.2 Å². The van der Waals surface area contributed by atoms with Crippen molar-refractivity contribution in [2.24, 2.45) is 0 Å². The van der Waals surface area contributed by atoms with Crippen molar-refractivity contribution in [1.29, 1.82) is 5.26 Å². The van der Waals surface area contributed by atoms with E-state index < -0.39 is 0 Å². The van der Waals surface area contributed by atoms with Gasteiger partial charge in [-0.2, -0.15) is 5.26 Å². The second kappa shape index (κ2) is 4.95. The summed E-state index contributed by atoms with van der Waals surface area (Å²) in [5.41, 5.74) is 3.63. The molecule has 3 heteroatoms. The van der Waals surface area contributed by atoms with Gasteiger partial charge in [0.05, 0.1) is 6.07 Å². The van der Waals surface area contributed by atoms with E-state index in [1.165, 1.54) is 0 Å². The fourth-order valence-corrected chi connectivity index (χ4v) is 2.10. The van der Waals surface area contributed by atoms with Gasteiger partial charge in [0, 0.05) is 12.0 Å². The molecule has 0 saturated heterocycles. The Balaban J connectivity index is 2.08. The summed E-state index contributed by atoms with van der Waals surface area (Å²) in [6.45, 7) is 0. The van der Waals surface area contributed by atoms with Crippen molar-refractivity contribution in [2.45, 2.75) is 12.8 Å². The molecule has 19 heavy (non-hydrogen) atoms. The molecular weight excluding hydrogens is 236 g/mol. The van der Waals surface area contributed by atoms with Crippen LogP contribution in [0.15, 0.2) is 52.9 Å². The lowest BCUT2D eigenvalue weighted by atomic mass is 10.1. The molecule has 92 valence electrons. The Labute approximate surface area is 111 Å². The Bertz CT molecular complexity index is 738.